The number of nitrogens with zero attached hydrogens (tertiary/aromatic N) is 5. The molecule has 0 spiro atoms. The van der Waals surface area contributed by atoms with Crippen LogP contribution in [0, 0.1) is 12.8 Å². The predicted molar refractivity (Wildman–Crippen MR) is 153 cm³/mol. The molecule has 6 rings (SSSR count). The topological polar surface area (TPSA) is 133 Å². The summed E-state index contributed by atoms with van der Waals surface area (Å²) in [4.78, 5) is 20.9. The van der Waals surface area contributed by atoms with E-state index in [1.54, 1.807) is 23.9 Å². The number of halogens is 4. The van der Waals surface area contributed by atoms with Crippen molar-refractivity contribution in [3.05, 3.63) is 41.9 Å². The minimum absolute atomic E-state index is 0.0237. The van der Waals surface area contributed by atoms with E-state index >= 15 is 0 Å². The molecule has 2 unspecified atom stereocenters. The van der Waals surface area contributed by atoms with E-state index in [0.717, 1.165) is 22.9 Å². The zero-order chi connectivity index (χ0) is 31.6. The highest BCUT2D eigenvalue weighted by Gasteiger charge is 2.61. The number of aromatic nitrogens is 5. The molecule has 2 fully saturated rings. The lowest BCUT2D eigenvalue weighted by atomic mass is 10.1. The average molecular weight is 636 g/mol. The van der Waals surface area contributed by atoms with Crippen molar-refractivity contribution in [3.8, 4) is 11.3 Å². The number of carbonyl (C=O) groups excluding carboxylic acids is 1. The third-order valence-electron chi connectivity index (χ3n) is 7.77. The predicted octanol–water partition coefficient (Wildman–Crippen LogP) is 5.52. The van der Waals surface area contributed by atoms with Crippen molar-refractivity contribution in [2.24, 2.45) is 13.0 Å². The molecule has 3 aromatic heterocycles. The van der Waals surface area contributed by atoms with Crippen molar-refractivity contribution < 1.29 is 35.5 Å². The van der Waals surface area contributed by atoms with Crippen molar-refractivity contribution in [3.63, 3.8) is 0 Å². The van der Waals surface area contributed by atoms with Crippen LogP contribution in [0.2, 0.25) is 0 Å². The van der Waals surface area contributed by atoms with E-state index in [1.165, 1.54) is 18.2 Å². The third-order valence-corrected chi connectivity index (χ3v) is 8.90. The number of pyridine rings is 1. The molecule has 2 atom stereocenters. The Labute approximate surface area is 249 Å². The van der Waals surface area contributed by atoms with Gasteiger partial charge in [-0.3, -0.25) is 14.0 Å². The highest BCUT2D eigenvalue weighted by molar-refractivity contribution is 7.90. The monoisotopic (exact) mass is 635 g/mol. The van der Waals surface area contributed by atoms with Crippen molar-refractivity contribution in [1.82, 2.24) is 24.3 Å². The number of ether oxygens (including phenoxy) is 1. The summed E-state index contributed by atoms with van der Waals surface area (Å²) in [5.74, 6) is -6.50. The molecule has 1 aliphatic heterocycles. The Bertz CT molecular complexity index is 1860. The molecule has 4 heterocycles. The molecule has 234 valence electrons. The van der Waals surface area contributed by atoms with Gasteiger partial charge in [0, 0.05) is 43.7 Å². The number of benzene rings is 1. The number of sulfone groups is 1. The van der Waals surface area contributed by atoms with E-state index < -0.39 is 52.5 Å². The van der Waals surface area contributed by atoms with Gasteiger partial charge >= 0.3 is 0 Å². The van der Waals surface area contributed by atoms with Crippen LogP contribution >= 0.6 is 0 Å². The van der Waals surface area contributed by atoms with Gasteiger partial charge in [0.1, 0.15) is 23.5 Å². The molecule has 1 aromatic carbocycles. The standard InChI is InChI=1S/C28H29F4N7O4S/c1-14-10-18(37-38(14)2)15-7-8-17(20(11-15)44(3,41)42)33-19-12-21(35-27(40)16-13-28(16,31)32)34-25-23(19)36-26(24(29)30)39(25)22-6-4-5-9-43-22/h7-8,10-12,16,22,24H,4-6,9,13H2,1-3H3,(H2,33,34,35,40). The van der Waals surface area contributed by atoms with Gasteiger partial charge in [-0.05, 0) is 44.4 Å². The number of carbonyl (C=O) groups is 1. The first-order valence-electron chi connectivity index (χ1n) is 13.9. The summed E-state index contributed by atoms with van der Waals surface area (Å²) in [5.41, 5.74) is 1.90. The van der Waals surface area contributed by atoms with Gasteiger partial charge in [-0.1, -0.05) is 6.07 Å². The Kier molecular flexibility index (Phi) is 7.39. The number of amides is 1. The summed E-state index contributed by atoms with van der Waals surface area (Å²) in [7, 11) is -2.09. The minimum Gasteiger partial charge on any atom is -0.358 e. The zero-order valence-corrected chi connectivity index (χ0v) is 24.8. The van der Waals surface area contributed by atoms with Gasteiger partial charge in [-0.25, -0.2) is 35.9 Å². The normalized spacial score (nSPS) is 19.8. The second-order valence-corrected chi connectivity index (χ2v) is 13.1. The van der Waals surface area contributed by atoms with Crippen molar-refractivity contribution in [1.29, 1.82) is 0 Å². The van der Waals surface area contributed by atoms with E-state index in [4.69, 9.17) is 4.74 Å². The van der Waals surface area contributed by atoms with Gasteiger partial charge in [0.15, 0.2) is 21.3 Å². The van der Waals surface area contributed by atoms with Crippen LogP contribution in [0.4, 0.5) is 34.8 Å². The summed E-state index contributed by atoms with van der Waals surface area (Å²) >= 11 is 0. The fraction of sp³-hybridized carbons (Fsp3) is 0.429. The molecule has 0 bridgehead atoms. The molecule has 1 saturated carbocycles. The average Bonchev–Trinajstić information content (AvgIpc) is 3.25. The second kappa shape index (κ2) is 10.8. The number of imidazole rings is 1. The summed E-state index contributed by atoms with van der Waals surface area (Å²) in [6.45, 7) is 2.18. The van der Waals surface area contributed by atoms with Crippen LogP contribution < -0.4 is 10.6 Å². The number of fused-ring (bicyclic) bond motifs is 1. The lowest BCUT2D eigenvalue weighted by Crippen LogP contribution is -2.21. The molecular weight excluding hydrogens is 606 g/mol. The van der Waals surface area contributed by atoms with Crippen molar-refractivity contribution in [2.75, 3.05) is 23.5 Å². The quantitative estimate of drug-likeness (QED) is 0.242. The zero-order valence-electron chi connectivity index (χ0n) is 23.9. The Morgan fingerprint density at radius 2 is 1.89 bits per heavy atom. The largest absolute Gasteiger partial charge is 0.358 e. The van der Waals surface area contributed by atoms with Gasteiger partial charge in [0.05, 0.1) is 22.0 Å². The molecule has 2 N–H and O–H groups in total. The van der Waals surface area contributed by atoms with Gasteiger partial charge in [-0.15, -0.1) is 0 Å². The number of rotatable bonds is 8. The number of hydrogen-bond donors (Lipinski definition) is 2. The molecule has 4 aromatic rings. The molecule has 1 amide bonds. The molecule has 1 saturated heterocycles. The Balaban J connectivity index is 1.49. The van der Waals surface area contributed by atoms with Crippen molar-refractivity contribution in [2.45, 2.75) is 56.1 Å². The highest BCUT2D eigenvalue weighted by atomic mass is 32.2. The van der Waals surface area contributed by atoms with Crippen LogP contribution in [0.5, 0.6) is 0 Å². The first kappa shape index (κ1) is 30.0. The number of anilines is 3. The van der Waals surface area contributed by atoms with Crippen LogP contribution in [-0.4, -0.2) is 57.4 Å². The SMILES string of the molecule is Cc1cc(-c2ccc(Nc3cc(NC(=O)C4CC4(F)F)nc4c3nc(C(F)F)n4C3CCCCO3)c(S(C)(=O)=O)c2)nn1C. The summed E-state index contributed by atoms with van der Waals surface area (Å²) in [6, 6.07) is 7.63. The maximum Gasteiger partial charge on any atom is 0.295 e. The van der Waals surface area contributed by atoms with E-state index in [2.05, 4.69) is 25.7 Å². The maximum absolute atomic E-state index is 14.3. The molecule has 2 aliphatic rings. The van der Waals surface area contributed by atoms with Crippen LogP contribution in [0.1, 0.15) is 49.9 Å². The van der Waals surface area contributed by atoms with Crippen LogP contribution in [-0.2, 0) is 26.4 Å². The van der Waals surface area contributed by atoms with E-state index in [-0.39, 0.29) is 33.3 Å². The Morgan fingerprint density at radius 1 is 1.14 bits per heavy atom. The number of hydrogen-bond acceptors (Lipinski definition) is 8. The fourth-order valence-electron chi connectivity index (χ4n) is 5.25. The van der Waals surface area contributed by atoms with Gasteiger partial charge in [0.2, 0.25) is 5.91 Å². The summed E-state index contributed by atoms with van der Waals surface area (Å²) < 4.78 is 90.3. The fourth-order valence-corrected chi connectivity index (χ4v) is 6.11. The summed E-state index contributed by atoms with van der Waals surface area (Å²) in [5, 5.41) is 9.73. The lowest BCUT2D eigenvalue weighted by Gasteiger charge is -2.25. The van der Waals surface area contributed by atoms with Crippen LogP contribution in [0.3, 0.4) is 0 Å². The van der Waals surface area contributed by atoms with E-state index in [1.807, 2.05) is 6.92 Å². The number of alkyl halides is 4. The second-order valence-electron chi connectivity index (χ2n) is 11.1. The maximum atomic E-state index is 14.3. The summed E-state index contributed by atoms with van der Waals surface area (Å²) in [6.07, 6.45) is -1.61. The Hall–Kier alpha value is -4.05. The number of aryl methyl sites for hydroxylation is 2. The molecule has 11 nitrogen and oxygen atoms in total. The van der Waals surface area contributed by atoms with Crippen molar-refractivity contribution >= 4 is 44.1 Å². The Morgan fingerprint density at radius 3 is 2.48 bits per heavy atom. The molecule has 16 heteroatoms. The first-order chi connectivity index (χ1) is 20.7. The van der Waals surface area contributed by atoms with Gasteiger partial charge < -0.3 is 15.4 Å². The molecular formula is C28H29F4N7O4S. The first-order valence-corrected chi connectivity index (χ1v) is 15.8. The minimum atomic E-state index is -3.85. The van der Waals surface area contributed by atoms with Crippen LogP contribution in [0.15, 0.2) is 35.2 Å². The third kappa shape index (κ3) is 5.63. The molecule has 1 aliphatic carbocycles. The lowest BCUT2D eigenvalue weighted by molar-refractivity contribution is -0.119. The van der Waals surface area contributed by atoms with Gasteiger partial charge in [0.25, 0.3) is 12.3 Å². The smallest absolute Gasteiger partial charge is 0.295 e. The molecule has 44 heavy (non-hydrogen) atoms. The van der Waals surface area contributed by atoms with Crippen LogP contribution in [0.25, 0.3) is 22.4 Å². The highest BCUT2D eigenvalue weighted by Crippen LogP contribution is 2.49. The molecule has 0 radical (unpaired) electrons. The van der Waals surface area contributed by atoms with Gasteiger partial charge in [-0.2, -0.15) is 5.10 Å². The number of nitrogens with one attached hydrogen (secondary N) is 2. The van der Waals surface area contributed by atoms with E-state index in [9.17, 15) is 30.8 Å². The van der Waals surface area contributed by atoms with E-state index in [0.29, 0.717) is 30.7 Å².